The molecule has 2 aromatic rings. The second kappa shape index (κ2) is 7.85. The molecule has 1 fully saturated rings. The molecule has 0 bridgehead atoms. The van der Waals surface area contributed by atoms with E-state index in [0.717, 1.165) is 31.8 Å². The van der Waals surface area contributed by atoms with E-state index in [9.17, 15) is 9.90 Å². The molecule has 0 spiro atoms. The molecular weight excluding hydrogens is 316 g/mol. The van der Waals surface area contributed by atoms with E-state index >= 15 is 0 Å². The topological polar surface area (TPSA) is 61.8 Å². The van der Waals surface area contributed by atoms with Crippen molar-refractivity contribution < 1.29 is 14.6 Å². The van der Waals surface area contributed by atoms with Crippen molar-refractivity contribution in [2.75, 3.05) is 20.2 Å². The number of nitrogens with one attached hydrogen (secondary N) is 1. The van der Waals surface area contributed by atoms with Gasteiger partial charge in [-0.3, -0.25) is 9.69 Å². The van der Waals surface area contributed by atoms with Gasteiger partial charge in [0.15, 0.2) is 0 Å². The van der Waals surface area contributed by atoms with Crippen molar-refractivity contribution >= 4 is 16.7 Å². The Morgan fingerprint density at radius 2 is 2.00 bits per heavy atom. The van der Waals surface area contributed by atoms with E-state index in [1.165, 1.54) is 23.3 Å². The van der Waals surface area contributed by atoms with Gasteiger partial charge in [-0.25, -0.2) is 0 Å². The third-order valence-electron chi connectivity index (χ3n) is 4.95. The highest BCUT2D eigenvalue weighted by molar-refractivity contribution is 5.87. The van der Waals surface area contributed by atoms with Crippen LogP contribution in [0.2, 0.25) is 0 Å². The van der Waals surface area contributed by atoms with Crippen LogP contribution in [-0.4, -0.2) is 48.3 Å². The molecule has 5 nitrogen and oxygen atoms in total. The van der Waals surface area contributed by atoms with Crippen LogP contribution in [0.1, 0.15) is 25.3 Å². The number of rotatable bonds is 4. The smallest absolute Gasteiger partial charge is 0.217 e. The molecule has 1 heterocycles. The number of hydrogen-bond donors (Lipinski definition) is 2. The van der Waals surface area contributed by atoms with Crippen LogP contribution in [0.5, 0.6) is 5.75 Å². The van der Waals surface area contributed by atoms with Gasteiger partial charge in [0.05, 0.1) is 19.3 Å². The molecule has 0 unspecified atom stereocenters. The summed E-state index contributed by atoms with van der Waals surface area (Å²) in [5.41, 5.74) is 1.17. The first-order valence-electron chi connectivity index (χ1n) is 8.80. The maximum atomic E-state index is 11.3. The van der Waals surface area contributed by atoms with E-state index in [1.54, 1.807) is 7.11 Å². The maximum absolute atomic E-state index is 11.3. The lowest BCUT2D eigenvalue weighted by Gasteiger charge is -2.22. The molecule has 2 N–H and O–H groups in total. The van der Waals surface area contributed by atoms with Crippen molar-refractivity contribution in [2.24, 2.45) is 0 Å². The summed E-state index contributed by atoms with van der Waals surface area (Å²) in [6.07, 6.45) is 0.898. The number of likely N-dealkylation sites (tertiary alicyclic amines) is 1. The molecule has 0 radical (unpaired) electrons. The lowest BCUT2D eigenvalue weighted by Crippen LogP contribution is -2.42. The maximum Gasteiger partial charge on any atom is 0.217 e. The van der Waals surface area contributed by atoms with Crippen LogP contribution in [0, 0.1) is 0 Å². The summed E-state index contributed by atoms with van der Waals surface area (Å²) < 4.78 is 5.59. The lowest BCUT2D eigenvalue weighted by atomic mass is 10.0. The molecule has 1 aliphatic rings. The SMILES string of the molecule is COc1ccc2ccccc2c1CN1CC[C@H](NC(C)=O)[C@@H](O)CC1. The van der Waals surface area contributed by atoms with E-state index in [1.807, 2.05) is 18.2 Å². The molecule has 0 aromatic heterocycles. The zero-order valence-corrected chi connectivity index (χ0v) is 14.9. The summed E-state index contributed by atoms with van der Waals surface area (Å²) in [4.78, 5) is 13.6. The van der Waals surface area contributed by atoms with E-state index in [0.29, 0.717) is 6.42 Å². The highest BCUT2D eigenvalue weighted by atomic mass is 16.5. The number of ether oxygens (including phenoxy) is 1. The predicted octanol–water partition coefficient (Wildman–Crippen LogP) is 2.31. The fourth-order valence-corrected chi connectivity index (χ4v) is 3.62. The third-order valence-corrected chi connectivity index (χ3v) is 4.95. The first-order chi connectivity index (χ1) is 12.1. The van der Waals surface area contributed by atoms with Crippen LogP contribution < -0.4 is 10.1 Å². The molecule has 0 saturated carbocycles. The van der Waals surface area contributed by atoms with Crippen molar-refractivity contribution in [3.63, 3.8) is 0 Å². The minimum atomic E-state index is -0.497. The number of benzene rings is 2. The van der Waals surface area contributed by atoms with E-state index in [-0.39, 0.29) is 11.9 Å². The molecule has 1 amide bonds. The highest BCUT2D eigenvalue weighted by Gasteiger charge is 2.26. The summed E-state index contributed by atoms with van der Waals surface area (Å²) in [7, 11) is 1.70. The van der Waals surface area contributed by atoms with Crippen LogP contribution in [0.3, 0.4) is 0 Å². The van der Waals surface area contributed by atoms with Crippen LogP contribution in [0.25, 0.3) is 10.8 Å². The molecule has 5 heteroatoms. The van der Waals surface area contributed by atoms with Crippen LogP contribution in [0.15, 0.2) is 36.4 Å². The number of methoxy groups -OCH3 is 1. The van der Waals surface area contributed by atoms with Gasteiger partial charge in [-0.05, 0) is 29.7 Å². The Bertz CT molecular complexity index is 747. The number of carbonyl (C=O) groups excluding carboxylic acids is 1. The molecule has 1 aliphatic heterocycles. The fraction of sp³-hybridized carbons (Fsp3) is 0.450. The molecule has 134 valence electrons. The number of fused-ring (bicyclic) bond motifs is 1. The van der Waals surface area contributed by atoms with Gasteiger partial charge < -0.3 is 15.2 Å². The zero-order chi connectivity index (χ0) is 17.8. The van der Waals surface area contributed by atoms with E-state index in [2.05, 4.69) is 28.4 Å². The summed E-state index contributed by atoms with van der Waals surface area (Å²) >= 11 is 0. The largest absolute Gasteiger partial charge is 0.496 e. The average molecular weight is 342 g/mol. The second-order valence-electron chi connectivity index (χ2n) is 6.70. The number of aliphatic hydroxyl groups excluding tert-OH is 1. The summed E-state index contributed by atoms with van der Waals surface area (Å²) in [6, 6.07) is 12.2. The monoisotopic (exact) mass is 342 g/mol. The molecule has 1 saturated heterocycles. The predicted molar refractivity (Wildman–Crippen MR) is 98.6 cm³/mol. The summed E-state index contributed by atoms with van der Waals surface area (Å²) in [5, 5.41) is 15.6. The van der Waals surface area contributed by atoms with Crippen LogP contribution in [0.4, 0.5) is 0 Å². The Labute approximate surface area is 148 Å². The van der Waals surface area contributed by atoms with Gasteiger partial charge in [-0.2, -0.15) is 0 Å². The summed E-state index contributed by atoms with van der Waals surface area (Å²) in [5.74, 6) is 0.801. The van der Waals surface area contributed by atoms with Gasteiger partial charge in [0.1, 0.15) is 5.75 Å². The Kier molecular flexibility index (Phi) is 5.56. The van der Waals surface area contributed by atoms with Crippen molar-refractivity contribution in [1.29, 1.82) is 0 Å². The number of hydrogen-bond acceptors (Lipinski definition) is 4. The van der Waals surface area contributed by atoms with E-state index < -0.39 is 6.10 Å². The molecule has 3 rings (SSSR count). The zero-order valence-electron chi connectivity index (χ0n) is 14.9. The Hall–Kier alpha value is -2.11. The van der Waals surface area contributed by atoms with Gasteiger partial charge in [0.2, 0.25) is 5.91 Å². The average Bonchev–Trinajstić information content (AvgIpc) is 2.77. The Morgan fingerprint density at radius 1 is 1.24 bits per heavy atom. The molecule has 2 atom stereocenters. The Morgan fingerprint density at radius 3 is 2.76 bits per heavy atom. The number of amides is 1. The third kappa shape index (κ3) is 4.11. The second-order valence-corrected chi connectivity index (χ2v) is 6.70. The van der Waals surface area contributed by atoms with Gasteiger partial charge in [0, 0.05) is 32.1 Å². The van der Waals surface area contributed by atoms with Gasteiger partial charge >= 0.3 is 0 Å². The van der Waals surface area contributed by atoms with Crippen molar-refractivity contribution in [2.45, 2.75) is 38.5 Å². The quantitative estimate of drug-likeness (QED) is 0.895. The standard InChI is InChI=1S/C20H26N2O3/c1-14(23)21-18-9-11-22(12-10-19(18)24)13-17-16-6-4-3-5-15(16)7-8-20(17)25-2/h3-8,18-19,24H,9-13H2,1-2H3,(H,21,23)/t18-,19-/m0/s1. The van der Waals surface area contributed by atoms with Crippen LogP contribution >= 0.6 is 0 Å². The van der Waals surface area contributed by atoms with Gasteiger partial charge in [0.25, 0.3) is 0 Å². The Balaban J connectivity index is 1.80. The van der Waals surface area contributed by atoms with Gasteiger partial charge in [-0.1, -0.05) is 30.3 Å². The van der Waals surface area contributed by atoms with Gasteiger partial charge in [-0.15, -0.1) is 0 Å². The number of nitrogens with zero attached hydrogens (tertiary/aromatic N) is 1. The number of carbonyl (C=O) groups is 1. The normalized spacial score (nSPS) is 21.7. The minimum Gasteiger partial charge on any atom is -0.496 e. The molecule has 25 heavy (non-hydrogen) atoms. The minimum absolute atomic E-state index is 0.0896. The molecule has 2 aromatic carbocycles. The van der Waals surface area contributed by atoms with Crippen molar-refractivity contribution in [1.82, 2.24) is 10.2 Å². The number of aliphatic hydroxyl groups is 1. The lowest BCUT2D eigenvalue weighted by molar-refractivity contribution is -0.120. The first kappa shape index (κ1) is 17.7. The fourth-order valence-electron chi connectivity index (χ4n) is 3.62. The molecular formula is C20H26N2O3. The van der Waals surface area contributed by atoms with E-state index in [4.69, 9.17) is 4.74 Å². The first-order valence-corrected chi connectivity index (χ1v) is 8.80. The summed E-state index contributed by atoms with van der Waals surface area (Å²) in [6.45, 7) is 3.89. The highest BCUT2D eigenvalue weighted by Crippen LogP contribution is 2.29. The van der Waals surface area contributed by atoms with Crippen molar-refractivity contribution in [3.05, 3.63) is 42.0 Å². The van der Waals surface area contributed by atoms with Crippen LogP contribution in [-0.2, 0) is 11.3 Å². The molecule has 0 aliphatic carbocycles. The van der Waals surface area contributed by atoms with Crippen molar-refractivity contribution in [3.8, 4) is 5.75 Å².